The van der Waals surface area contributed by atoms with E-state index >= 15 is 0 Å². The summed E-state index contributed by atoms with van der Waals surface area (Å²) < 4.78 is 22.5. The van der Waals surface area contributed by atoms with Crippen LogP contribution in [-0.2, 0) is 16.4 Å². The van der Waals surface area contributed by atoms with Crippen LogP contribution in [0.25, 0.3) is 0 Å². The molecule has 0 saturated carbocycles. The Labute approximate surface area is 163 Å². The second kappa shape index (κ2) is 8.47. The Hall–Kier alpha value is -3.48. The average molecular weight is 394 g/mol. The molecule has 9 heteroatoms. The van der Waals surface area contributed by atoms with Crippen LogP contribution in [0.15, 0.2) is 65.8 Å². The predicted molar refractivity (Wildman–Crippen MR) is 106 cm³/mol. The first kappa shape index (κ1) is 19.3. The SMILES string of the molecule is N#Cc1ccc(Nc2cc(NCCc3ccc(S(N)(=O)=O)cc3)ncn2)cc1. The molecule has 0 atom stereocenters. The van der Waals surface area contributed by atoms with Gasteiger partial charge in [0.1, 0.15) is 18.0 Å². The van der Waals surface area contributed by atoms with E-state index in [1.807, 2.05) is 0 Å². The molecule has 0 aliphatic carbocycles. The lowest BCUT2D eigenvalue weighted by Crippen LogP contribution is -2.12. The summed E-state index contributed by atoms with van der Waals surface area (Å²) in [4.78, 5) is 8.46. The summed E-state index contributed by atoms with van der Waals surface area (Å²) in [6.07, 6.45) is 2.14. The molecule has 0 unspecified atom stereocenters. The molecule has 28 heavy (non-hydrogen) atoms. The molecule has 3 aromatic rings. The molecule has 0 amide bonds. The second-order valence-electron chi connectivity index (χ2n) is 5.97. The Kier molecular flexibility index (Phi) is 5.84. The first-order valence-corrected chi connectivity index (χ1v) is 9.93. The van der Waals surface area contributed by atoms with Crippen molar-refractivity contribution in [2.75, 3.05) is 17.2 Å². The highest BCUT2D eigenvalue weighted by atomic mass is 32.2. The van der Waals surface area contributed by atoms with E-state index in [1.165, 1.54) is 18.5 Å². The van der Waals surface area contributed by atoms with E-state index in [1.54, 1.807) is 42.5 Å². The van der Waals surface area contributed by atoms with Crippen molar-refractivity contribution in [1.82, 2.24) is 9.97 Å². The van der Waals surface area contributed by atoms with Gasteiger partial charge in [0, 0.05) is 18.3 Å². The first-order valence-electron chi connectivity index (χ1n) is 8.39. The summed E-state index contributed by atoms with van der Waals surface area (Å²) >= 11 is 0. The number of aromatic nitrogens is 2. The van der Waals surface area contributed by atoms with E-state index in [4.69, 9.17) is 10.4 Å². The van der Waals surface area contributed by atoms with E-state index in [0.29, 0.717) is 30.2 Å². The number of anilines is 3. The molecule has 3 rings (SSSR count). The van der Waals surface area contributed by atoms with Crippen LogP contribution in [-0.4, -0.2) is 24.9 Å². The maximum absolute atomic E-state index is 11.3. The molecule has 0 radical (unpaired) electrons. The minimum absolute atomic E-state index is 0.0959. The van der Waals surface area contributed by atoms with Gasteiger partial charge in [-0.05, 0) is 48.4 Å². The zero-order chi connectivity index (χ0) is 20.0. The van der Waals surface area contributed by atoms with Crippen LogP contribution >= 0.6 is 0 Å². The van der Waals surface area contributed by atoms with E-state index in [-0.39, 0.29) is 4.90 Å². The third-order valence-electron chi connectivity index (χ3n) is 3.93. The molecule has 4 N–H and O–H groups in total. The summed E-state index contributed by atoms with van der Waals surface area (Å²) in [7, 11) is -3.67. The summed E-state index contributed by atoms with van der Waals surface area (Å²) in [5.74, 6) is 1.28. The number of nitrogens with zero attached hydrogens (tertiary/aromatic N) is 3. The van der Waals surface area contributed by atoms with Crippen molar-refractivity contribution >= 4 is 27.3 Å². The second-order valence-corrected chi connectivity index (χ2v) is 7.53. The molecule has 8 nitrogen and oxygen atoms in total. The zero-order valence-corrected chi connectivity index (χ0v) is 15.6. The number of nitrogens with two attached hydrogens (primary N) is 1. The molecule has 0 spiro atoms. The van der Waals surface area contributed by atoms with E-state index < -0.39 is 10.0 Å². The molecule has 0 aliphatic rings. The van der Waals surface area contributed by atoms with E-state index in [9.17, 15) is 8.42 Å². The van der Waals surface area contributed by atoms with Crippen LogP contribution < -0.4 is 15.8 Å². The fourth-order valence-electron chi connectivity index (χ4n) is 2.48. The van der Waals surface area contributed by atoms with Crippen LogP contribution in [0.3, 0.4) is 0 Å². The molecule has 2 aromatic carbocycles. The monoisotopic (exact) mass is 394 g/mol. The van der Waals surface area contributed by atoms with Crippen molar-refractivity contribution in [2.45, 2.75) is 11.3 Å². The van der Waals surface area contributed by atoms with Gasteiger partial charge in [0.25, 0.3) is 0 Å². The Morgan fingerprint density at radius 1 is 1.00 bits per heavy atom. The molecule has 0 saturated heterocycles. The number of primary sulfonamides is 1. The molecule has 0 aliphatic heterocycles. The third kappa shape index (κ3) is 5.26. The van der Waals surface area contributed by atoms with Gasteiger partial charge in [-0.25, -0.2) is 23.5 Å². The lowest BCUT2D eigenvalue weighted by Gasteiger charge is -2.09. The maximum atomic E-state index is 11.3. The zero-order valence-electron chi connectivity index (χ0n) is 14.8. The molecule has 142 valence electrons. The Bertz CT molecular complexity index is 1090. The lowest BCUT2D eigenvalue weighted by molar-refractivity contribution is 0.598. The highest BCUT2D eigenvalue weighted by Crippen LogP contribution is 2.17. The van der Waals surface area contributed by atoms with Crippen LogP contribution in [0.4, 0.5) is 17.3 Å². The van der Waals surface area contributed by atoms with Gasteiger partial charge in [-0.15, -0.1) is 0 Å². The van der Waals surface area contributed by atoms with Gasteiger partial charge >= 0.3 is 0 Å². The van der Waals surface area contributed by atoms with E-state index in [0.717, 1.165) is 11.3 Å². The number of hydrogen-bond acceptors (Lipinski definition) is 7. The maximum Gasteiger partial charge on any atom is 0.238 e. The van der Waals surface area contributed by atoms with Crippen molar-refractivity contribution in [3.8, 4) is 6.07 Å². The normalized spacial score (nSPS) is 10.9. The van der Waals surface area contributed by atoms with Gasteiger partial charge in [-0.2, -0.15) is 5.26 Å². The minimum Gasteiger partial charge on any atom is -0.370 e. The van der Waals surface area contributed by atoms with Crippen molar-refractivity contribution in [3.63, 3.8) is 0 Å². The van der Waals surface area contributed by atoms with Crippen LogP contribution in [0.5, 0.6) is 0 Å². The predicted octanol–water partition coefficient (Wildman–Crippen LogP) is 2.39. The Morgan fingerprint density at radius 2 is 1.68 bits per heavy atom. The molecule has 1 aromatic heterocycles. The number of benzene rings is 2. The number of nitrogens with one attached hydrogen (secondary N) is 2. The number of rotatable bonds is 7. The van der Waals surface area contributed by atoms with Gasteiger partial charge in [-0.1, -0.05) is 12.1 Å². The van der Waals surface area contributed by atoms with Gasteiger partial charge in [0.2, 0.25) is 10.0 Å². The van der Waals surface area contributed by atoms with Gasteiger partial charge < -0.3 is 10.6 Å². The summed E-state index contributed by atoms with van der Waals surface area (Å²) in [5, 5.41) is 20.3. The molecular formula is C19H18N6O2S. The van der Waals surface area contributed by atoms with Crippen LogP contribution in [0.1, 0.15) is 11.1 Å². The van der Waals surface area contributed by atoms with E-state index in [2.05, 4.69) is 26.7 Å². The number of nitriles is 1. The third-order valence-corrected chi connectivity index (χ3v) is 4.85. The number of hydrogen-bond donors (Lipinski definition) is 3. The fraction of sp³-hybridized carbons (Fsp3) is 0.105. The smallest absolute Gasteiger partial charge is 0.238 e. The molecule has 0 bridgehead atoms. The summed E-state index contributed by atoms with van der Waals surface area (Å²) in [6, 6.07) is 17.4. The van der Waals surface area contributed by atoms with Crippen molar-refractivity contribution < 1.29 is 8.42 Å². The van der Waals surface area contributed by atoms with Crippen molar-refractivity contribution in [2.24, 2.45) is 5.14 Å². The minimum atomic E-state index is -3.67. The Balaban J connectivity index is 1.56. The molecule has 1 heterocycles. The Morgan fingerprint density at radius 3 is 2.32 bits per heavy atom. The average Bonchev–Trinajstić information content (AvgIpc) is 2.69. The van der Waals surface area contributed by atoms with Gasteiger partial charge in [0.05, 0.1) is 16.5 Å². The number of sulfonamides is 1. The highest BCUT2D eigenvalue weighted by molar-refractivity contribution is 7.89. The lowest BCUT2D eigenvalue weighted by atomic mass is 10.1. The van der Waals surface area contributed by atoms with Crippen molar-refractivity contribution in [3.05, 3.63) is 72.1 Å². The molecular weight excluding hydrogens is 376 g/mol. The fourth-order valence-corrected chi connectivity index (χ4v) is 2.99. The highest BCUT2D eigenvalue weighted by Gasteiger charge is 2.06. The summed E-state index contributed by atoms with van der Waals surface area (Å²) in [5.41, 5.74) is 2.39. The van der Waals surface area contributed by atoms with Gasteiger partial charge in [-0.3, -0.25) is 0 Å². The first-order chi connectivity index (χ1) is 13.4. The quantitative estimate of drug-likeness (QED) is 0.560. The standard InChI is InChI=1S/C19H18N6O2S/c20-12-15-1-5-16(6-2-15)25-19-11-18(23-13-24-19)22-10-9-14-3-7-17(8-4-14)28(21,26)27/h1-8,11,13H,9-10H2,(H2,21,26,27)(H2,22,23,24,25). The molecule has 0 fully saturated rings. The largest absolute Gasteiger partial charge is 0.370 e. The van der Waals surface area contributed by atoms with Crippen LogP contribution in [0.2, 0.25) is 0 Å². The topological polar surface area (TPSA) is 134 Å². The van der Waals surface area contributed by atoms with Crippen molar-refractivity contribution in [1.29, 1.82) is 5.26 Å². The van der Waals surface area contributed by atoms with Gasteiger partial charge in [0.15, 0.2) is 0 Å². The van der Waals surface area contributed by atoms with Crippen LogP contribution in [0, 0.1) is 11.3 Å². The summed E-state index contributed by atoms with van der Waals surface area (Å²) in [6.45, 7) is 0.613.